The Morgan fingerprint density at radius 2 is 2.00 bits per heavy atom. The van der Waals surface area contributed by atoms with Crippen molar-refractivity contribution in [1.29, 1.82) is 0 Å². The summed E-state index contributed by atoms with van der Waals surface area (Å²) in [6.07, 6.45) is 1.52. The Bertz CT molecular complexity index is 1520. The van der Waals surface area contributed by atoms with Crippen molar-refractivity contribution < 1.29 is 28.6 Å². The van der Waals surface area contributed by atoms with Gasteiger partial charge in [0, 0.05) is 6.20 Å². The summed E-state index contributed by atoms with van der Waals surface area (Å²) in [6.45, 7) is 2.37. The number of rotatable bonds is 6. The molecule has 1 aliphatic rings. The summed E-state index contributed by atoms with van der Waals surface area (Å²) in [5.74, 6) is -2.24. The molecule has 0 bridgehead atoms. The molecule has 2 aromatic carbocycles. The number of aliphatic hydroxyl groups excluding tert-OH is 1. The zero-order valence-corrected chi connectivity index (χ0v) is 20.1. The minimum absolute atomic E-state index is 0.0536. The van der Waals surface area contributed by atoms with Gasteiger partial charge in [0.15, 0.2) is 5.13 Å². The van der Waals surface area contributed by atoms with E-state index in [2.05, 4.69) is 9.97 Å². The molecule has 0 saturated carbocycles. The molecule has 1 aliphatic heterocycles. The Morgan fingerprint density at radius 3 is 2.72 bits per heavy atom. The number of fused-ring (bicyclic) bond motifs is 1. The number of ether oxygens (including phenoxy) is 2. The molecule has 1 N–H and O–H groups in total. The number of carbonyl (C=O) groups excluding carboxylic acids is 2. The lowest BCUT2D eigenvalue weighted by atomic mass is 9.98. The highest BCUT2D eigenvalue weighted by molar-refractivity contribution is 7.22. The van der Waals surface area contributed by atoms with Gasteiger partial charge in [-0.25, -0.2) is 9.37 Å². The minimum Gasteiger partial charge on any atom is -0.507 e. The van der Waals surface area contributed by atoms with Gasteiger partial charge in [0.25, 0.3) is 5.78 Å². The first-order valence-corrected chi connectivity index (χ1v) is 11.8. The van der Waals surface area contributed by atoms with Gasteiger partial charge in [0.05, 0.1) is 40.8 Å². The Hall–Kier alpha value is -4.31. The molecular formula is C26H20FN3O5S. The molecule has 8 nitrogen and oxygen atoms in total. The van der Waals surface area contributed by atoms with Gasteiger partial charge in [-0.2, -0.15) is 0 Å². The number of thiazole rings is 1. The van der Waals surface area contributed by atoms with Crippen molar-refractivity contribution in [3.8, 4) is 11.5 Å². The fourth-order valence-electron chi connectivity index (χ4n) is 4.11. The van der Waals surface area contributed by atoms with Crippen molar-refractivity contribution in [3.05, 3.63) is 83.4 Å². The van der Waals surface area contributed by atoms with Crippen molar-refractivity contribution in [2.75, 3.05) is 18.6 Å². The molecule has 1 unspecified atom stereocenters. The number of methoxy groups -OCH3 is 1. The quantitative estimate of drug-likeness (QED) is 0.227. The molecule has 1 saturated heterocycles. The number of Topliss-reactive ketones (excluding diaryl/α,β-unsaturated/α-hetero) is 1. The number of amides is 1. The molecule has 1 fully saturated rings. The first-order valence-electron chi connectivity index (χ1n) is 11.0. The lowest BCUT2D eigenvalue weighted by Gasteiger charge is -2.22. The number of carbonyl (C=O) groups is 2. The van der Waals surface area contributed by atoms with E-state index in [1.54, 1.807) is 30.3 Å². The van der Waals surface area contributed by atoms with E-state index in [0.717, 1.165) is 10.8 Å². The van der Waals surface area contributed by atoms with E-state index in [4.69, 9.17) is 9.47 Å². The second-order valence-corrected chi connectivity index (χ2v) is 8.84. The number of hydrogen-bond donors (Lipinski definition) is 1. The van der Waals surface area contributed by atoms with Crippen molar-refractivity contribution in [3.63, 3.8) is 0 Å². The highest BCUT2D eigenvalue weighted by Crippen LogP contribution is 2.45. The van der Waals surface area contributed by atoms with Crippen LogP contribution in [0.5, 0.6) is 11.5 Å². The Labute approximate surface area is 209 Å². The fourth-order valence-corrected chi connectivity index (χ4v) is 5.13. The lowest BCUT2D eigenvalue weighted by Crippen LogP contribution is -2.29. The van der Waals surface area contributed by atoms with Crippen LogP contribution in [0.4, 0.5) is 9.52 Å². The molecule has 2 aromatic heterocycles. The van der Waals surface area contributed by atoms with Crippen molar-refractivity contribution in [1.82, 2.24) is 9.97 Å². The van der Waals surface area contributed by atoms with Crippen LogP contribution in [0.2, 0.25) is 0 Å². The fraction of sp³-hybridized carbons (Fsp3) is 0.154. The molecule has 1 amide bonds. The molecule has 5 rings (SSSR count). The summed E-state index contributed by atoms with van der Waals surface area (Å²) in [5.41, 5.74) is 0.661. The van der Waals surface area contributed by atoms with Crippen LogP contribution in [-0.2, 0) is 9.59 Å². The van der Waals surface area contributed by atoms with Crippen LogP contribution >= 0.6 is 11.3 Å². The van der Waals surface area contributed by atoms with Gasteiger partial charge in [-0.05, 0) is 55.5 Å². The van der Waals surface area contributed by atoms with Crippen LogP contribution < -0.4 is 14.4 Å². The van der Waals surface area contributed by atoms with Crippen molar-refractivity contribution in [2.45, 2.75) is 13.0 Å². The van der Waals surface area contributed by atoms with Crippen LogP contribution in [0.15, 0.2) is 66.4 Å². The molecule has 182 valence electrons. The zero-order valence-electron chi connectivity index (χ0n) is 19.3. The van der Waals surface area contributed by atoms with E-state index in [-0.39, 0.29) is 22.0 Å². The first kappa shape index (κ1) is 23.4. The van der Waals surface area contributed by atoms with E-state index in [0.29, 0.717) is 23.6 Å². The third kappa shape index (κ3) is 3.95. The molecular weight excluding hydrogens is 485 g/mol. The molecule has 0 aliphatic carbocycles. The maximum atomic E-state index is 14.1. The van der Waals surface area contributed by atoms with Gasteiger partial charge in [0.1, 0.15) is 29.1 Å². The van der Waals surface area contributed by atoms with Gasteiger partial charge in [-0.3, -0.25) is 19.5 Å². The van der Waals surface area contributed by atoms with Gasteiger partial charge >= 0.3 is 5.91 Å². The van der Waals surface area contributed by atoms with E-state index in [9.17, 15) is 19.1 Å². The van der Waals surface area contributed by atoms with E-state index < -0.39 is 29.3 Å². The van der Waals surface area contributed by atoms with Gasteiger partial charge in [-0.15, -0.1) is 0 Å². The highest BCUT2D eigenvalue weighted by Gasteiger charge is 2.49. The minimum atomic E-state index is -1.09. The zero-order chi connectivity index (χ0) is 25.4. The van der Waals surface area contributed by atoms with E-state index in [1.807, 2.05) is 13.0 Å². The Morgan fingerprint density at radius 1 is 1.17 bits per heavy atom. The van der Waals surface area contributed by atoms with Crippen LogP contribution in [0.3, 0.4) is 0 Å². The predicted molar refractivity (Wildman–Crippen MR) is 133 cm³/mol. The number of nitrogens with zero attached hydrogens (tertiary/aromatic N) is 3. The summed E-state index contributed by atoms with van der Waals surface area (Å²) < 4.78 is 25.7. The second kappa shape index (κ2) is 9.38. The number of aromatic nitrogens is 2. The summed E-state index contributed by atoms with van der Waals surface area (Å²) in [6, 6.07) is 12.8. The average Bonchev–Trinajstić information content (AvgIpc) is 3.42. The predicted octanol–water partition coefficient (Wildman–Crippen LogP) is 4.86. The Balaban J connectivity index is 1.71. The smallest absolute Gasteiger partial charge is 0.301 e. The molecule has 0 radical (unpaired) electrons. The topological polar surface area (TPSA) is 102 Å². The third-order valence-corrected chi connectivity index (χ3v) is 6.71. The molecule has 4 aromatic rings. The number of ketones is 1. The van der Waals surface area contributed by atoms with Crippen LogP contribution in [0, 0.1) is 5.82 Å². The van der Waals surface area contributed by atoms with Gasteiger partial charge in [-0.1, -0.05) is 17.4 Å². The number of anilines is 1. The van der Waals surface area contributed by atoms with Gasteiger partial charge < -0.3 is 14.6 Å². The summed E-state index contributed by atoms with van der Waals surface area (Å²) in [4.78, 5) is 36.8. The molecule has 3 heterocycles. The van der Waals surface area contributed by atoms with Crippen molar-refractivity contribution >= 4 is 44.1 Å². The number of pyridine rings is 1. The van der Waals surface area contributed by atoms with Crippen LogP contribution in [-0.4, -0.2) is 40.5 Å². The molecule has 36 heavy (non-hydrogen) atoms. The summed E-state index contributed by atoms with van der Waals surface area (Å²) in [5, 5.41) is 11.5. The third-order valence-electron chi connectivity index (χ3n) is 5.69. The number of hydrogen-bond acceptors (Lipinski definition) is 8. The standard InChI is InChI=1S/C26H20FN3O5S/c1-3-35-15-8-9-17-20(13-15)36-26(29-17)30-22(18-6-4-5-11-28-18)21(24(32)25(30)33)23(31)16-12-14(27)7-10-19(16)34-2/h4-13,22,31H,3H2,1-2H3/b23-21+. The monoisotopic (exact) mass is 505 g/mol. The van der Waals surface area contributed by atoms with Crippen LogP contribution in [0.1, 0.15) is 24.2 Å². The summed E-state index contributed by atoms with van der Waals surface area (Å²) >= 11 is 1.20. The largest absolute Gasteiger partial charge is 0.507 e. The van der Waals surface area contributed by atoms with E-state index >= 15 is 0 Å². The number of aliphatic hydroxyl groups is 1. The Kier molecular flexibility index (Phi) is 6.11. The highest BCUT2D eigenvalue weighted by atomic mass is 32.1. The molecule has 10 heteroatoms. The van der Waals surface area contributed by atoms with Crippen molar-refractivity contribution in [2.24, 2.45) is 0 Å². The van der Waals surface area contributed by atoms with Crippen LogP contribution in [0.25, 0.3) is 16.0 Å². The van der Waals surface area contributed by atoms with Gasteiger partial charge in [0.2, 0.25) is 0 Å². The SMILES string of the molecule is CCOc1ccc2nc(N3C(=O)C(=O)/C(=C(/O)c4cc(F)ccc4OC)C3c3ccccn3)sc2c1. The number of benzene rings is 2. The van der Waals surface area contributed by atoms with E-state index in [1.165, 1.54) is 41.7 Å². The normalized spacial score (nSPS) is 17.1. The maximum Gasteiger partial charge on any atom is 0.301 e. The maximum absolute atomic E-state index is 14.1. The second-order valence-electron chi connectivity index (χ2n) is 7.83. The summed E-state index contributed by atoms with van der Waals surface area (Å²) in [7, 11) is 1.36. The molecule has 0 spiro atoms. The average molecular weight is 506 g/mol. The number of halogens is 1. The molecule has 1 atom stereocenters. The lowest BCUT2D eigenvalue weighted by molar-refractivity contribution is -0.132. The first-order chi connectivity index (χ1) is 17.4.